The summed E-state index contributed by atoms with van der Waals surface area (Å²) in [6.45, 7) is 3.83. The van der Waals surface area contributed by atoms with Crippen LogP contribution in [0.1, 0.15) is 35.8 Å². The van der Waals surface area contributed by atoms with E-state index < -0.39 is 12.0 Å². The standard InChI is InChI=1S/C28H27FN4O3/c1-18(26-20-9-3-4-10-21(20)28(35)32-31-26)27(34)30-14-15-33-16-19-8-2-7-13-24(19)36-25(17-33)22-11-5-6-12-23(22)29/h2-13,18,25H,14-17H2,1H3,(H,30,34)(H,32,35)/t18-,25+/m0/s1. The van der Waals surface area contributed by atoms with E-state index in [0.717, 1.165) is 11.3 Å². The Labute approximate surface area is 207 Å². The molecular weight excluding hydrogens is 459 g/mol. The highest BCUT2D eigenvalue weighted by atomic mass is 19.1. The lowest BCUT2D eigenvalue weighted by molar-refractivity contribution is -0.122. The van der Waals surface area contributed by atoms with Crippen LogP contribution in [0, 0.1) is 5.82 Å². The lowest BCUT2D eigenvalue weighted by atomic mass is 10.0. The molecule has 0 bridgehead atoms. The predicted molar refractivity (Wildman–Crippen MR) is 135 cm³/mol. The molecule has 7 nitrogen and oxygen atoms in total. The number of nitrogens with zero attached hydrogens (tertiary/aromatic N) is 2. The SMILES string of the molecule is C[C@H](C(=O)NCCN1Cc2ccccc2O[C@@H](c2ccccc2F)C1)c1n[nH]c(=O)c2ccccc12. The summed E-state index contributed by atoms with van der Waals surface area (Å²) in [6, 6.07) is 21.5. The second-order valence-electron chi connectivity index (χ2n) is 8.97. The summed E-state index contributed by atoms with van der Waals surface area (Å²) in [7, 11) is 0. The first-order valence-electron chi connectivity index (χ1n) is 12.0. The van der Waals surface area contributed by atoms with Gasteiger partial charge in [0.25, 0.3) is 5.56 Å². The molecule has 0 spiro atoms. The maximum Gasteiger partial charge on any atom is 0.272 e. The van der Waals surface area contributed by atoms with E-state index in [0.29, 0.717) is 48.2 Å². The zero-order chi connectivity index (χ0) is 25.1. The van der Waals surface area contributed by atoms with Crippen LogP contribution in [0.4, 0.5) is 4.39 Å². The van der Waals surface area contributed by atoms with Crippen LogP contribution in [0.25, 0.3) is 10.8 Å². The van der Waals surface area contributed by atoms with Gasteiger partial charge in [0, 0.05) is 42.7 Å². The Kier molecular flexibility index (Phi) is 6.77. The van der Waals surface area contributed by atoms with Crippen molar-refractivity contribution in [3.8, 4) is 5.75 Å². The van der Waals surface area contributed by atoms with Crippen LogP contribution in [0.5, 0.6) is 5.75 Å². The van der Waals surface area contributed by atoms with Gasteiger partial charge in [0.1, 0.15) is 17.7 Å². The molecule has 2 atom stereocenters. The first kappa shape index (κ1) is 23.7. The number of nitrogens with one attached hydrogen (secondary N) is 2. The van der Waals surface area contributed by atoms with Gasteiger partial charge in [0.2, 0.25) is 5.91 Å². The van der Waals surface area contributed by atoms with Gasteiger partial charge in [-0.15, -0.1) is 0 Å². The fourth-order valence-corrected chi connectivity index (χ4v) is 4.63. The molecule has 1 amide bonds. The number of carbonyl (C=O) groups excluding carboxylic acids is 1. The zero-order valence-electron chi connectivity index (χ0n) is 19.9. The number of aromatic nitrogens is 2. The van der Waals surface area contributed by atoms with Crippen molar-refractivity contribution in [3.05, 3.63) is 106 Å². The van der Waals surface area contributed by atoms with Crippen molar-refractivity contribution < 1.29 is 13.9 Å². The molecule has 1 aliphatic rings. The number of H-pyrrole nitrogens is 1. The molecule has 184 valence electrons. The number of benzene rings is 3. The van der Waals surface area contributed by atoms with Crippen molar-refractivity contribution in [2.24, 2.45) is 0 Å². The zero-order valence-corrected chi connectivity index (χ0v) is 19.9. The highest BCUT2D eigenvalue weighted by Gasteiger charge is 2.26. The third-order valence-corrected chi connectivity index (χ3v) is 6.57. The summed E-state index contributed by atoms with van der Waals surface area (Å²) in [6.07, 6.45) is -0.471. The van der Waals surface area contributed by atoms with E-state index in [2.05, 4.69) is 20.4 Å². The molecule has 1 aromatic heterocycles. The molecule has 1 aliphatic heterocycles. The van der Waals surface area contributed by atoms with Gasteiger partial charge in [-0.25, -0.2) is 9.49 Å². The van der Waals surface area contributed by atoms with Gasteiger partial charge >= 0.3 is 0 Å². The fraction of sp³-hybridized carbons (Fsp3) is 0.250. The van der Waals surface area contributed by atoms with Crippen LogP contribution in [-0.2, 0) is 11.3 Å². The quantitative estimate of drug-likeness (QED) is 0.432. The summed E-state index contributed by atoms with van der Waals surface area (Å²) in [4.78, 5) is 27.2. The number of halogens is 1. The molecule has 3 aromatic carbocycles. The van der Waals surface area contributed by atoms with Gasteiger partial charge in [-0.2, -0.15) is 5.10 Å². The number of fused-ring (bicyclic) bond motifs is 2. The van der Waals surface area contributed by atoms with Crippen molar-refractivity contribution in [2.45, 2.75) is 25.5 Å². The first-order chi connectivity index (χ1) is 17.5. The lowest BCUT2D eigenvalue weighted by Gasteiger charge is -2.25. The summed E-state index contributed by atoms with van der Waals surface area (Å²) in [5.41, 5.74) is 1.77. The van der Waals surface area contributed by atoms with Crippen LogP contribution in [0.2, 0.25) is 0 Å². The van der Waals surface area contributed by atoms with Crippen LogP contribution in [0.15, 0.2) is 77.6 Å². The minimum Gasteiger partial charge on any atom is -0.484 e. The second-order valence-corrected chi connectivity index (χ2v) is 8.97. The van der Waals surface area contributed by atoms with Gasteiger partial charge < -0.3 is 10.1 Å². The highest BCUT2D eigenvalue weighted by molar-refractivity contribution is 5.90. The van der Waals surface area contributed by atoms with Crippen LogP contribution < -0.4 is 15.6 Å². The number of ether oxygens (including phenoxy) is 1. The van der Waals surface area contributed by atoms with E-state index in [1.807, 2.05) is 30.3 Å². The van der Waals surface area contributed by atoms with Crippen molar-refractivity contribution >= 4 is 16.7 Å². The largest absolute Gasteiger partial charge is 0.484 e. The summed E-state index contributed by atoms with van der Waals surface area (Å²) >= 11 is 0. The maximum atomic E-state index is 14.6. The molecule has 0 aliphatic carbocycles. The van der Waals surface area contributed by atoms with Crippen molar-refractivity contribution in [2.75, 3.05) is 19.6 Å². The molecule has 0 saturated heterocycles. The van der Waals surface area contributed by atoms with E-state index in [4.69, 9.17) is 4.74 Å². The molecule has 5 rings (SSSR count). The van der Waals surface area contributed by atoms with E-state index in [1.165, 1.54) is 6.07 Å². The number of carbonyl (C=O) groups is 1. The maximum absolute atomic E-state index is 14.6. The molecule has 2 heterocycles. The third kappa shape index (κ3) is 4.85. The van der Waals surface area contributed by atoms with Gasteiger partial charge in [-0.3, -0.25) is 14.5 Å². The monoisotopic (exact) mass is 486 g/mol. The average Bonchev–Trinajstić information content (AvgIpc) is 3.08. The van der Waals surface area contributed by atoms with Crippen molar-refractivity contribution in [1.82, 2.24) is 20.4 Å². The summed E-state index contributed by atoms with van der Waals surface area (Å²) in [5.74, 6) is -0.297. The minimum atomic E-state index is -0.550. The highest BCUT2D eigenvalue weighted by Crippen LogP contribution is 2.32. The molecule has 8 heteroatoms. The average molecular weight is 487 g/mol. The fourth-order valence-electron chi connectivity index (χ4n) is 4.63. The topological polar surface area (TPSA) is 87.3 Å². The smallest absolute Gasteiger partial charge is 0.272 e. The number of rotatable bonds is 6. The Balaban J connectivity index is 1.29. The number of hydrogen-bond acceptors (Lipinski definition) is 5. The van der Waals surface area contributed by atoms with E-state index in [1.54, 1.807) is 43.3 Å². The van der Waals surface area contributed by atoms with E-state index in [9.17, 15) is 14.0 Å². The number of amides is 1. The van der Waals surface area contributed by atoms with Gasteiger partial charge in [0.05, 0.1) is 17.0 Å². The van der Waals surface area contributed by atoms with E-state index >= 15 is 0 Å². The number of para-hydroxylation sites is 1. The van der Waals surface area contributed by atoms with Crippen LogP contribution >= 0.6 is 0 Å². The molecule has 0 saturated carbocycles. The molecule has 4 aromatic rings. The first-order valence-corrected chi connectivity index (χ1v) is 12.0. The minimum absolute atomic E-state index is 0.183. The Morgan fingerprint density at radius 1 is 1.11 bits per heavy atom. The van der Waals surface area contributed by atoms with Gasteiger partial charge in [-0.1, -0.05) is 54.6 Å². The Morgan fingerprint density at radius 2 is 1.83 bits per heavy atom. The predicted octanol–water partition coefficient (Wildman–Crippen LogP) is 3.92. The molecular formula is C28H27FN4O3. The summed E-state index contributed by atoms with van der Waals surface area (Å²) in [5, 5.41) is 10.8. The molecule has 0 radical (unpaired) electrons. The molecule has 0 unspecified atom stereocenters. The molecule has 2 N–H and O–H groups in total. The Morgan fingerprint density at radius 3 is 2.67 bits per heavy atom. The number of hydrogen-bond donors (Lipinski definition) is 2. The molecule has 0 fully saturated rings. The van der Waals surface area contributed by atoms with Crippen molar-refractivity contribution in [1.29, 1.82) is 0 Å². The summed E-state index contributed by atoms with van der Waals surface area (Å²) < 4.78 is 20.8. The Bertz CT molecular complexity index is 1450. The molecule has 36 heavy (non-hydrogen) atoms. The normalized spacial score (nSPS) is 16.6. The van der Waals surface area contributed by atoms with Crippen LogP contribution in [0.3, 0.4) is 0 Å². The third-order valence-electron chi connectivity index (χ3n) is 6.57. The second kappa shape index (κ2) is 10.3. The van der Waals surface area contributed by atoms with E-state index in [-0.39, 0.29) is 17.3 Å². The van der Waals surface area contributed by atoms with Gasteiger partial charge in [-0.05, 0) is 25.1 Å². The Hall–Kier alpha value is -4.04. The number of aromatic amines is 1. The van der Waals surface area contributed by atoms with Crippen molar-refractivity contribution in [3.63, 3.8) is 0 Å². The lowest BCUT2D eigenvalue weighted by Crippen LogP contribution is -2.38. The van der Waals surface area contributed by atoms with Gasteiger partial charge in [0.15, 0.2) is 0 Å². The van der Waals surface area contributed by atoms with Crippen LogP contribution in [-0.4, -0.2) is 40.6 Å².